The lowest BCUT2D eigenvalue weighted by molar-refractivity contribution is 0.0908. The van der Waals surface area contributed by atoms with Gasteiger partial charge in [0, 0.05) is 32.8 Å². The van der Waals surface area contributed by atoms with E-state index in [0.717, 1.165) is 26.1 Å². The van der Waals surface area contributed by atoms with Crippen molar-refractivity contribution in [1.82, 2.24) is 9.62 Å². The Morgan fingerprint density at radius 1 is 1.15 bits per heavy atom. The summed E-state index contributed by atoms with van der Waals surface area (Å²) in [7, 11) is -3.13. The number of piperidine rings is 2. The number of nitrogens with zero attached hydrogens (tertiary/aromatic N) is 1. The molecule has 0 bridgehead atoms. The summed E-state index contributed by atoms with van der Waals surface area (Å²) >= 11 is 0. The van der Waals surface area contributed by atoms with Crippen LogP contribution in [0.4, 0.5) is 0 Å². The summed E-state index contributed by atoms with van der Waals surface area (Å²) in [5, 5.41) is 3.24. The molecule has 3 aliphatic heterocycles. The first-order chi connectivity index (χ1) is 9.62. The van der Waals surface area contributed by atoms with Crippen molar-refractivity contribution in [2.24, 2.45) is 5.41 Å². The third kappa shape index (κ3) is 2.89. The topological polar surface area (TPSA) is 58.6 Å². The lowest BCUT2D eigenvalue weighted by Gasteiger charge is -2.45. The van der Waals surface area contributed by atoms with Crippen LogP contribution in [-0.2, 0) is 14.8 Å². The number of hydrogen-bond acceptors (Lipinski definition) is 4. The molecule has 3 heterocycles. The highest BCUT2D eigenvalue weighted by Gasteiger charge is 2.42. The van der Waals surface area contributed by atoms with E-state index in [1.807, 2.05) is 0 Å². The Morgan fingerprint density at radius 2 is 1.90 bits per heavy atom. The SMILES string of the molecule is O=S(=O)(C1CCOCC1)N1CCCC2(CCCNC2)C1. The van der Waals surface area contributed by atoms with Gasteiger partial charge in [-0.2, -0.15) is 0 Å². The molecule has 0 aliphatic carbocycles. The number of rotatable bonds is 2. The zero-order valence-electron chi connectivity index (χ0n) is 12.1. The molecule has 0 radical (unpaired) electrons. The molecule has 3 rings (SSSR count). The van der Waals surface area contributed by atoms with Crippen molar-refractivity contribution in [2.45, 2.75) is 43.8 Å². The second-order valence-electron chi connectivity index (χ2n) is 6.57. The summed E-state index contributed by atoms with van der Waals surface area (Å²) in [6, 6.07) is 0. The molecule has 3 saturated heterocycles. The van der Waals surface area contributed by atoms with Crippen LogP contribution in [0.15, 0.2) is 0 Å². The van der Waals surface area contributed by atoms with Gasteiger partial charge in [-0.15, -0.1) is 0 Å². The van der Waals surface area contributed by atoms with E-state index in [2.05, 4.69) is 5.32 Å². The van der Waals surface area contributed by atoms with E-state index in [0.29, 0.717) is 32.6 Å². The molecule has 1 N–H and O–H groups in total. The molecule has 116 valence electrons. The molecule has 5 nitrogen and oxygen atoms in total. The van der Waals surface area contributed by atoms with Gasteiger partial charge in [0.25, 0.3) is 0 Å². The zero-order chi connectivity index (χ0) is 14.1. The second-order valence-corrected chi connectivity index (χ2v) is 8.79. The Morgan fingerprint density at radius 3 is 2.60 bits per heavy atom. The van der Waals surface area contributed by atoms with Gasteiger partial charge in [-0.25, -0.2) is 12.7 Å². The van der Waals surface area contributed by atoms with Crippen LogP contribution in [-0.4, -0.2) is 57.4 Å². The summed E-state index contributed by atoms with van der Waals surface area (Å²) in [5.74, 6) is 0. The van der Waals surface area contributed by atoms with E-state index in [1.165, 1.54) is 19.3 Å². The smallest absolute Gasteiger partial charge is 0.217 e. The largest absolute Gasteiger partial charge is 0.381 e. The first-order valence-corrected chi connectivity index (χ1v) is 9.40. The normalized spacial score (nSPS) is 34.4. The molecular formula is C14H26N2O3S. The van der Waals surface area contributed by atoms with E-state index in [4.69, 9.17) is 4.74 Å². The first-order valence-electron chi connectivity index (χ1n) is 7.90. The van der Waals surface area contributed by atoms with Crippen molar-refractivity contribution in [3.8, 4) is 0 Å². The van der Waals surface area contributed by atoms with Crippen LogP contribution < -0.4 is 5.32 Å². The molecule has 1 spiro atoms. The molecule has 0 amide bonds. The third-order valence-electron chi connectivity index (χ3n) is 5.14. The van der Waals surface area contributed by atoms with Crippen molar-refractivity contribution >= 4 is 10.0 Å². The Kier molecular flexibility index (Phi) is 4.36. The molecule has 3 fully saturated rings. The Labute approximate surface area is 122 Å². The van der Waals surface area contributed by atoms with Gasteiger partial charge >= 0.3 is 0 Å². The Hall–Kier alpha value is -0.170. The van der Waals surface area contributed by atoms with Crippen molar-refractivity contribution in [3.05, 3.63) is 0 Å². The fourth-order valence-corrected chi connectivity index (χ4v) is 5.99. The van der Waals surface area contributed by atoms with E-state index in [9.17, 15) is 8.42 Å². The minimum absolute atomic E-state index is 0.189. The van der Waals surface area contributed by atoms with Gasteiger partial charge in [0.15, 0.2) is 0 Å². The zero-order valence-corrected chi connectivity index (χ0v) is 13.0. The summed E-state index contributed by atoms with van der Waals surface area (Å²) in [4.78, 5) is 0. The van der Waals surface area contributed by atoms with Crippen molar-refractivity contribution in [3.63, 3.8) is 0 Å². The van der Waals surface area contributed by atoms with Gasteiger partial charge < -0.3 is 10.1 Å². The average molecular weight is 302 g/mol. The molecular weight excluding hydrogens is 276 g/mol. The molecule has 1 atom stereocenters. The van der Waals surface area contributed by atoms with Gasteiger partial charge in [0.05, 0.1) is 5.25 Å². The Balaban J connectivity index is 1.72. The fourth-order valence-electron chi connectivity index (χ4n) is 3.94. The van der Waals surface area contributed by atoms with Gasteiger partial charge in [-0.05, 0) is 50.5 Å². The lowest BCUT2D eigenvalue weighted by Crippen LogP contribution is -2.54. The second kappa shape index (κ2) is 5.91. The average Bonchev–Trinajstić information content (AvgIpc) is 2.49. The van der Waals surface area contributed by atoms with Crippen LogP contribution in [0, 0.1) is 5.41 Å². The number of nitrogens with one attached hydrogen (secondary N) is 1. The van der Waals surface area contributed by atoms with Crippen molar-refractivity contribution in [1.29, 1.82) is 0 Å². The predicted molar refractivity (Wildman–Crippen MR) is 78.1 cm³/mol. The molecule has 20 heavy (non-hydrogen) atoms. The highest BCUT2D eigenvalue weighted by Crippen LogP contribution is 2.37. The van der Waals surface area contributed by atoms with Crippen molar-refractivity contribution in [2.75, 3.05) is 39.4 Å². The van der Waals surface area contributed by atoms with Crippen LogP contribution >= 0.6 is 0 Å². The fraction of sp³-hybridized carbons (Fsp3) is 1.00. The first kappa shape index (κ1) is 14.8. The van der Waals surface area contributed by atoms with Gasteiger partial charge in [-0.3, -0.25) is 0 Å². The lowest BCUT2D eigenvalue weighted by atomic mass is 9.75. The van der Waals surface area contributed by atoms with Crippen LogP contribution in [0.2, 0.25) is 0 Å². The molecule has 0 aromatic heterocycles. The minimum atomic E-state index is -3.13. The molecule has 0 saturated carbocycles. The van der Waals surface area contributed by atoms with E-state index < -0.39 is 10.0 Å². The summed E-state index contributed by atoms with van der Waals surface area (Å²) in [6.45, 7) is 4.66. The molecule has 6 heteroatoms. The number of ether oxygens (including phenoxy) is 1. The molecule has 0 aromatic carbocycles. The van der Waals surface area contributed by atoms with Gasteiger partial charge in [0.2, 0.25) is 10.0 Å². The highest BCUT2D eigenvalue weighted by atomic mass is 32.2. The molecule has 1 unspecified atom stereocenters. The van der Waals surface area contributed by atoms with E-state index in [1.54, 1.807) is 4.31 Å². The quantitative estimate of drug-likeness (QED) is 0.825. The van der Waals surface area contributed by atoms with Gasteiger partial charge in [0.1, 0.15) is 0 Å². The maximum Gasteiger partial charge on any atom is 0.217 e. The molecule has 3 aliphatic rings. The maximum absolute atomic E-state index is 12.8. The predicted octanol–water partition coefficient (Wildman–Crippen LogP) is 0.961. The van der Waals surface area contributed by atoms with Crippen LogP contribution in [0.25, 0.3) is 0 Å². The monoisotopic (exact) mass is 302 g/mol. The number of sulfonamides is 1. The van der Waals surface area contributed by atoms with Crippen molar-refractivity contribution < 1.29 is 13.2 Å². The van der Waals surface area contributed by atoms with E-state index in [-0.39, 0.29) is 10.7 Å². The van der Waals surface area contributed by atoms with Gasteiger partial charge in [-0.1, -0.05) is 0 Å². The number of hydrogen-bond donors (Lipinski definition) is 1. The standard InChI is InChI=1S/C14H26N2O3S/c17-20(18,13-3-9-19-10-4-13)16-8-2-6-14(12-16)5-1-7-15-11-14/h13,15H,1-12H2. The van der Waals surface area contributed by atoms with Crippen LogP contribution in [0.5, 0.6) is 0 Å². The summed E-state index contributed by atoms with van der Waals surface area (Å²) < 4.78 is 32.7. The van der Waals surface area contributed by atoms with Crippen LogP contribution in [0.1, 0.15) is 38.5 Å². The molecule has 0 aromatic rings. The summed E-state index contributed by atoms with van der Waals surface area (Å²) in [5.41, 5.74) is 0.189. The third-order valence-corrected chi connectivity index (χ3v) is 7.48. The highest BCUT2D eigenvalue weighted by molar-refractivity contribution is 7.89. The minimum Gasteiger partial charge on any atom is -0.381 e. The maximum atomic E-state index is 12.8. The summed E-state index contributed by atoms with van der Waals surface area (Å²) in [6.07, 6.45) is 5.82. The van der Waals surface area contributed by atoms with E-state index >= 15 is 0 Å². The Bertz CT molecular complexity index is 420. The van der Waals surface area contributed by atoms with Crippen LogP contribution in [0.3, 0.4) is 0 Å².